The fourth-order valence-electron chi connectivity index (χ4n) is 3.41. The summed E-state index contributed by atoms with van der Waals surface area (Å²) >= 11 is 1.19. The van der Waals surface area contributed by atoms with Crippen LogP contribution in [-0.4, -0.2) is 43.6 Å². The van der Waals surface area contributed by atoms with E-state index in [4.69, 9.17) is 9.47 Å². The molecule has 0 saturated carbocycles. The molecule has 0 bridgehead atoms. The lowest BCUT2D eigenvalue weighted by Crippen LogP contribution is -2.24. The van der Waals surface area contributed by atoms with Gasteiger partial charge in [-0.15, -0.1) is 16.4 Å². The first-order valence-corrected chi connectivity index (χ1v) is 13.0. The number of carbonyl (C=O) groups excluding carboxylic acids is 1. The quantitative estimate of drug-likeness (QED) is 0.324. The average molecular weight is 513 g/mol. The van der Waals surface area contributed by atoms with E-state index in [1.165, 1.54) is 29.3 Å². The van der Waals surface area contributed by atoms with Gasteiger partial charge < -0.3 is 9.47 Å². The zero-order chi connectivity index (χ0) is 24.8. The highest BCUT2D eigenvalue weighted by Crippen LogP contribution is 2.30. The van der Waals surface area contributed by atoms with Gasteiger partial charge in [-0.25, -0.2) is 22.6 Å². The number of carbonyl (C=O) groups is 1. The Kier molecular flexibility index (Phi) is 7.59. The van der Waals surface area contributed by atoms with Crippen molar-refractivity contribution in [2.24, 2.45) is 0 Å². The van der Waals surface area contributed by atoms with Crippen LogP contribution in [0.5, 0.6) is 5.75 Å². The van der Waals surface area contributed by atoms with Gasteiger partial charge in [0.05, 0.1) is 32.7 Å². The molecule has 1 atom stereocenters. The molecule has 182 valence electrons. The van der Waals surface area contributed by atoms with Crippen molar-refractivity contribution in [1.82, 2.24) is 19.7 Å². The number of thiophene rings is 1. The van der Waals surface area contributed by atoms with Crippen LogP contribution in [0.2, 0.25) is 0 Å². The summed E-state index contributed by atoms with van der Waals surface area (Å²) < 4.78 is 39.8. The number of ether oxygens (including phenoxy) is 2. The number of sulfonamides is 1. The van der Waals surface area contributed by atoms with Crippen molar-refractivity contribution in [2.75, 3.05) is 14.2 Å². The Hall–Kier alpha value is -3.54. The van der Waals surface area contributed by atoms with Gasteiger partial charge in [-0.1, -0.05) is 47.7 Å². The van der Waals surface area contributed by atoms with Crippen molar-refractivity contribution in [2.45, 2.75) is 23.2 Å². The number of benzene rings is 2. The minimum atomic E-state index is -3.74. The van der Waals surface area contributed by atoms with E-state index < -0.39 is 22.0 Å². The molecular weight excluding hydrogens is 488 g/mol. The molecule has 9 nitrogen and oxygen atoms in total. The second kappa shape index (κ2) is 10.8. The lowest BCUT2D eigenvalue weighted by Gasteiger charge is -2.14. The smallest absolute Gasteiger partial charge is 0.331 e. The van der Waals surface area contributed by atoms with Crippen LogP contribution >= 0.6 is 11.3 Å². The molecule has 0 fully saturated rings. The van der Waals surface area contributed by atoms with Gasteiger partial charge in [-0.2, -0.15) is 0 Å². The minimum Gasteiger partial charge on any atom is -0.497 e. The van der Waals surface area contributed by atoms with E-state index >= 15 is 0 Å². The van der Waals surface area contributed by atoms with Crippen LogP contribution < -0.4 is 9.46 Å². The van der Waals surface area contributed by atoms with Crippen LogP contribution in [0.4, 0.5) is 0 Å². The minimum absolute atomic E-state index is 0.0721. The number of hydrogen-bond acceptors (Lipinski definition) is 8. The first kappa shape index (κ1) is 24.6. The predicted molar refractivity (Wildman–Crippen MR) is 132 cm³/mol. The van der Waals surface area contributed by atoms with Gasteiger partial charge in [-0.3, -0.25) is 0 Å². The molecule has 0 unspecified atom stereocenters. The van der Waals surface area contributed by atoms with Crippen molar-refractivity contribution in [1.29, 1.82) is 0 Å². The van der Waals surface area contributed by atoms with Crippen molar-refractivity contribution < 1.29 is 22.7 Å². The fourth-order valence-corrected chi connectivity index (χ4v) is 5.77. The number of hydrogen-bond donors (Lipinski definition) is 1. The third-order valence-corrected chi connectivity index (χ3v) is 8.31. The summed E-state index contributed by atoms with van der Waals surface area (Å²) in [5, 5.41) is 8.08. The van der Waals surface area contributed by atoms with Crippen LogP contribution in [0.1, 0.15) is 17.3 Å². The Morgan fingerprint density at radius 2 is 1.80 bits per heavy atom. The second-order valence-corrected chi connectivity index (χ2v) is 10.7. The highest BCUT2D eigenvalue weighted by Gasteiger charge is 2.24. The number of esters is 1. The van der Waals surface area contributed by atoms with E-state index in [0.29, 0.717) is 17.9 Å². The average Bonchev–Trinajstić information content (AvgIpc) is 3.57. The SMILES string of the molecule is COC(=O)[C@H](Cc1ccc(OC)cc1)n1cc(CNS(=O)(=O)c2ccc(-c3ccccc3)s2)nn1. The predicted octanol–water partition coefficient (Wildman–Crippen LogP) is 3.45. The fraction of sp³-hybridized carbons (Fsp3) is 0.208. The lowest BCUT2D eigenvalue weighted by atomic mass is 10.1. The number of nitrogens with one attached hydrogen (secondary N) is 1. The van der Waals surface area contributed by atoms with Gasteiger partial charge in [0.15, 0.2) is 6.04 Å². The van der Waals surface area contributed by atoms with Crippen LogP contribution in [0.25, 0.3) is 10.4 Å². The molecule has 0 aliphatic carbocycles. The van der Waals surface area contributed by atoms with Gasteiger partial charge in [0.1, 0.15) is 9.96 Å². The van der Waals surface area contributed by atoms with E-state index in [1.54, 1.807) is 31.4 Å². The Balaban J connectivity index is 1.45. The second-order valence-electron chi connectivity index (χ2n) is 7.59. The molecule has 0 saturated heterocycles. The van der Waals surface area contributed by atoms with Gasteiger partial charge in [0, 0.05) is 11.3 Å². The van der Waals surface area contributed by atoms with Crippen molar-refractivity contribution in [3.63, 3.8) is 0 Å². The number of methoxy groups -OCH3 is 2. The zero-order valence-corrected chi connectivity index (χ0v) is 20.8. The highest BCUT2D eigenvalue weighted by molar-refractivity contribution is 7.91. The first-order valence-electron chi connectivity index (χ1n) is 10.7. The van der Waals surface area contributed by atoms with Gasteiger partial charge in [0.25, 0.3) is 0 Å². The Morgan fingerprint density at radius 3 is 2.49 bits per heavy atom. The Morgan fingerprint density at radius 1 is 1.06 bits per heavy atom. The molecule has 4 aromatic rings. The topological polar surface area (TPSA) is 112 Å². The maximum Gasteiger partial charge on any atom is 0.331 e. The monoisotopic (exact) mass is 512 g/mol. The van der Waals surface area contributed by atoms with Gasteiger partial charge in [0.2, 0.25) is 10.0 Å². The number of aromatic nitrogens is 3. The van der Waals surface area contributed by atoms with Gasteiger partial charge >= 0.3 is 5.97 Å². The Labute approximate surface area is 207 Å². The largest absolute Gasteiger partial charge is 0.497 e. The van der Waals surface area contributed by atoms with Crippen molar-refractivity contribution in [3.05, 3.63) is 84.2 Å². The van der Waals surface area contributed by atoms with Crippen molar-refractivity contribution in [3.8, 4) is 16.2 Å². The van der Waals surface area contributed by atoms with Crippen LogP contribution in [0.3, 0.4) is 0 Å². The molecule has 2 aromatic heterocycles. The van der Waals surface area contributed by atoms with Crippen molar-refractivity contribution >= 4 is 27.3 Å². The molecule has 0 spiro atoms. The van der Waals surface area contributed by atoms with Gasteiger partial charge in [-0.05, 0) is 35.4 Å². The maximum absolute atomic E-state index is 12.8. The molecule has 11 heteroatoms. The van der Waals surface area contributed by atoms with E-state index in [9.17, 15) is 13.2 Å². The lowest BCUT2D eigenvalue weighted by molar-refractivity contribution is -0.144. The first-order chi connectivity index (χ1) is 16.9. The van der Waals surface area contributed by atoms with E-state index in [2.05, 4.69) is 15.0 Å². The van der Waals surface area contributed by atoms with Crippen LogP contribution in [-0.2, 0) is 32.5 Å². The third kappa shape index (κ3) is 5.94. The van der Waals surface area contributed by atoms with E-state index in [-0.39, 0.29) is 10.8 Å². The summed E-state index contributed by atoms with van der Waals surface area (Å²) in [5.74, 6) is 0.227. The number of rotatable bonds is 10. The normalized spacial score (nSPS) is 12.3. The molecule has 0 amide bonds. The van der Waals surface area contributed by atoms with Crippen LogP contribution in [0.15, 0.2) is 77.1 Å². The molecule has 0 aliphatic heterocycles. The molecule has 2 heterocycles. The zero-order valence-electron chi connectivity index (χ0n) is 19.1. The summed E-state index contributed by atoms with van der Waals surface area (Å²) in [5.41, 5.74) is 2.20. The molecule has 1 N–H and O–H groups in total. The van der Waals surface area contributed by atoms with E-state index in [0.717, 1.165) is 16.0 Å². The maximum atomic E-state index is 12.8. The molecule has 0 aliphatic rings. The number of nitrogens with zero attached hydrogens (tertiary/aromatic N) is 3. The summed E-state index contributed by atoms with van der Waals surface area (Å²) in [6, 6.07) is 19.5. The summed E-state index contributed by atoms with van der Waals surface area (Å²) in [6.45, 7) is -0.0721. The standard InChI is InChI=1S/C24H24N4O5S2/c1-32-20-10-8-17(9-11-20)14-21(24(29)33-2)28-16-19(26-27-28)15-25-35(30,31)23-13-12-22(34-23)18-6-4-3-5-7-18/h3-13,16,21,25H,14-15H2,1-2H3/t21-/m0/s1. The Bertz CT molecular complexity index is 1380. The third-order valence-electron chi connectivity index (χ3n) is 5.29. The molecule has 4 rings (SSSR count). The summed E-state index contributed by atoms with van der Waals surface area (Å²) in [4.78, 5) is 13.3. The summed E-state index contributed by atoms with van der Waals surface area (Å²) in [6.07, 6.45) is 1.86. The highest BCUT2D eigenvalue weighted by atomic mass is 32.2. The van der Waals surface area contributed by atoms with Crippen LogP contribution in [0, 0.1) is 0 Å². The molecular formula is C24H24N4O5S2. The molecule has 35 heavy (non-hydrogen) atoms. The van der Waals surface area contributed by atoms with E-state index in [1.807, 2.05) is 42.5 Å². The molecule has 0 radical (unpaired) electrons. The summed E-state index contributed by atoms with van der Waals surface area (Å²) in [7, 11) is -0.858. The molecule has 2 aromatic carbocycles.